The molecular weight excluding hydrogens is 482 g/mol. The molecule has 4 rings (SSSR count). The number of benzene rings is 2. The number of carbonyl (C=O) groups is 2. The summed E-state index contributed by atoms with van der Waals surface area (Å²) in [5.41, 5.74) is 0.687. The van der Waals surface area contributed by atoms with E-state index in [9.17, 15) is 19.8 Å². The lowest BCUT2D eigenvalue weighted by atomic mass is 9.88. The first-order valence-corrected chi connectivity index (χ1v) is 13.4. The second-order valence-electron chi connectivity index (χ2n) is 12.1. The third-order valence-corrected chi connectivity index (χ3v) is 7.66. The lowest BCUT2D eigenvalue weighted by Gasteiger charge is -2.32. The van der Waals surface area contributed by atoms with Gasteiger partial charge < -0.3 is 30.1 Å². The minimum Gasteiger partial charge on any atom is -0.444 e. The monoisotopic (exact) mass is 523 g/mol. The smallest absolute Gasteiger partial charge is 0.407 e. The number of nitrogens with zero attached hydrogens (tertiary/aromatic N) is 2. The zero-order valence-electron chi connectivity index (χ0n) is 23.2. The molecule has 2 aliphatic heterocycles. The molecule has 206 valence electrons. The van der Waals surface area contributed by atoms with Gasteiger partial charge in [-0.3, -0.25) is 4.79 Å². The number of carbonyl (C=O) groups excluding carboxylic acids is 2. The summed E-state index contributed by atoms with van der Waals surface area (Å²) in [4.78, 5) is 29.1. The Morgan fingerprint density at radius 3 is 2.26 bits per heavy atom. The maximum absolute atomic E-state index is 13.3. The maximum Gasteiger partial charge on any atom is 0.407 e. The van der Waals surface area contributed by atoms with Gasteiger partial charge in [0.15, 0.2) is 0 Å². The summed E-state index contributed by atoms with van der Waals surface area (Å²) < 4.78 is 5.32. The fourth-order valence-corrected chi connectivity index (χ4v) is 5.20. The van der Waals surface area contributed by atoms with Crippen molar-refractivity contribution in [3.8, 4) is 0 Å². The fourth-order valence-electron chi connectivity index (χ4n) is 5.20. The van der Waals surface area contributed by atoms with E-state index in [-0.39, 0.29) is 5.91 Å². The molecular formula is C30H41N3O5. The Morgan fingerprint density at radius 1 is 1.00 bits per heavy atom. The Kier molecular flexibility index (Phi) is 7.77. The number of nitrogens with one attached hydrogen (secondary N) is 1. The van der Waals surface area contributed by atoms with Crippen molar-refractivity contribution < 1.29 is 24.5 Å². The molecule has 8 heteroatoms. The van der Waals surface area contributed by atoms with E-state index in [0.29, 0.717) is 44.2 Å². The van der Waals surface area contributed by atoms with Crippen molar-refractivity contribution in [2.75, 3.05) is 31.1 Å². The van der Waals surface area contributed by atoms with Crippen LogP contribution in [-0.2, 0) is 11.3 Å². The van der Waals surface area contributed by atoms with Gasteiger partial charge in [0, 0.05) is 44.0 Å². The van der Waals surface area contributed by atoms with Gasteiger partial charge in [0.05, 0.1) is 0 Å². The van der Waals surface area contributed by atoms with Gasteiger partial charge in [0.25, 0.3) is 5.91 Å². The predicted octanol–water partition coefficient (Wildman–Crippen LogP) is 4.05. The van der Waals surface area contributed by atoms with Gasteiger partial charge in [-0.25, -0.2) is 4.79 Å². The average molecular weight is 524 g/mol. The van der Waals surface area contributed by atoms with E-state index < -0.39 is 22.9 Å². The SMILES string of the molecule is CC(C)(C)OC(=O)NCc1cccc(C2CCN(C(=O)c3cccc(N4CC(C)(O)C(C)(O)C4)c3)CC2)c1. The van der Waals surface area contributed by atoms with E-state index in [1.54, 1.807) is 13.8 Å². The van der Waals surface area contributed by atoms with Gasteiger partial charge in [-0.2, -0.15) is 0 Å². The summed E-state index contributed by atoms with van der Waals surface area (Å²) >= 11 is 0. The van der Waals surface area contributed by atoms with Crippen LogP contribution in [0.3, 0.4) is 0 Å². The van der Waals surface area contributed by atoms with E-state index in [1.807, 2.05) is 67.0 Å². The first-order chi connectivity index (χ1) is 17.7. The van der Waals surface area contributed by atoms with E-state index in [0.717, 1.165) is 24.1 Å². The van der Waals surface area contributed by atoms with Gasteiger partial charge in [0.1, 0.15) is 16.8 Å². The Bertz CT molecular complexity index is 1150. The summed E-state index contributed by atoms with van der Waals surface area (Å²) in [6.45, 7) is 11.1. The molecule has 2 aromatic rings. The molecule has 0 radical (unpaired) electrons. The van der Waals surface area contributed by atoms with Crippen LogP contribution in [0.25, 0.3) is 0 Å². The summed E-state index contributed by atoms with van der Waals surface area (Å²) in [5.74, 6) is 0.347. The van der Waals surface area contributed by atoms with Gasteiger partial charge in [0.2, 0.25) is 0 Å². The Balaban J connectivity index is 1.34. The molecule has 2 amide bonds. The molecule has 2 heterocycles. The molecule has 0 aromatic heterocycles. The molecule has 0 spiro atoms. The zero-order valence-corrected chi connectivity index (χ0v) is 23.2. The van der Waals surface area contributed by atoms with Crippen LogP contribution < -0.4 is 10.2 Å². The number of hydrogen-bond acceptors (Lipinski definition) is 6. The number of anilines is 1. The molecule has 2 fully saturated rings. The number of likely N-dealkylation sites (tertiary alicyclic amines) is 1. The van der Waals surface area contributed by atoms with Crippen molar-refractivity contribution in [1.82, 2.24) is 10.2 Å². The van der Waals surface area contributed by atoms with Crippen LogP contribution in [0.5, 0.6) is 0 Å². The number of rotatable bonds is 5. The van der Waals surface area contributed by atoms with Crippen molar-refractivity contribution in [1.29, 1.82) is 0 Å². The molecule has 2 aliphatic rings. The summed E-state index contributed by atoms with van der Waals surface area (Å²) in [5, 5.41) is 24.0. The van der Waals surface area contributed by atoms with Crippen molar-refractivity contribution in [2.45, 2.75) is 76.7 Å². The number of piperidine rings is 1. The van der Waals surface area contributed by atoms with Crippen LogP contribution in [0.15, 0.2) is 48.5 Å². The van der Waals surface area contributed by atoms with E-state index in [4.69, 9.17) is 4.74 Å². The minimum absolute atomic E-state index is 0.00155. The van der Waals surface area contributed by atoms with E-state index in [2.05, 4.69) is 17.4 Å². The molecule has 2 saturated heterocycles. The van der Waals surface area contributed by atoms with Gasteiger partial charge in [-0.1, -0.05) is 30.3 Å². The first-order valence-electron chi connectivity index (χ1n) is 13.4. The fraction of sp³-hybridized carbons (Fsp3) is 0.533. The standard InChI is InChI=1S/C30H41N3O5/c1-28(2,3)38-27(35)31-18-21-8-6-9-23(16-21)22-12-14-32(15-13-22)26(34)24-10-7-11-25(17-24)33-19-29(4,36)30(5,37)20-33/h6-11,16-17,22,36-37H,12-15,18-20H2,1-5H3,(H,31,35). The topological polar surface area (TPSA) is 102 Å². The second-order valence-corrected chi connectivity index (χ2v) is 12.1. The number of alkyl carbamates (subject to hydrolysis) is 1. The highest BCUT2D eigenvalue weighted by atomic mass is 16.6. The highest BCUT2D eigenvalue weighted by molar-refractivity contribution is 5.95. The van der Waals surface area contributed by atoms with Gasteiger partial charge >= 0.3 is 6.09 Å². The van der Waals surface area contributed by atoms with Crippen molar-refractivity contribution in [2.24, 2.45) is 0 Å². The van der Waals surface area contributed by atoms with Crippen molar-refractivity contribution in [3.63, 3.8) is 0 Å². The van der Waals surface area contributed by atoms with Crippen LogP contribution in [0.4, 0.5) is 10.5 Å². The molecule has 0 bridgehead atoms. The lowest BCUT2D eigenvalue weighted by Crippen LogP contribution is -2.48. The normalized spacial score (nSPS) is 24.4. The number of hydrogen-bond donors (Lipinski definition) is 3. The first kappa shape index (κ1) is 27.9. The number of amides is 2. The van der Waals surface area contributed by atoms with Crippen LogP contribution in [0.1, 0.15) is 74.9 Å². The van der Waals surface area contributed by atoms with Crippen LogP contribution in [0, 0.1) is 0 Å². The largest absolute Gasteiger partial charge is 0.444 e. The summed E-state index contributed by atoms with van der Waals surface area (Å²) in [7, 11) is 0. The number of aliphatic hydroxyl groups is 2. The van der Waals surface area contributed by atoms with Crippen molar-refractivity contribution in [3.05, 3.63) is 65.2 Å². The third kappa shape index (κ3) is 6.48. The molecule has 8 nitrogen and oxygen atoms in total. The predicted molar refractivity (Wildman–Crippen MR) is 147 cm³/mol. The zero-order chi connectivity index (χ0) is 27.7. The molecule has 2 unspecified atom stereocenters. The Morgan fingerprint density at radius 2 is 1.63 bits per heavy atom. The lowest BCUT2D eigenvalue weighted by molar-refractivity contribution is -0.0935. The highest BCUT2D eigenvalue weighted by Crippen LogP contribution is 2.35. The average Bonchev–Trinajstić information content (AvgIpc) is 3.08. The molecule has 0 aliphatic carbocycles. The van der Waals surface area contributed by atoms with E-state index in [1.165, 1.54) is 5.56 Å². The molecule has 0 saturated carbocycles. The van der Waals surface area contributed by atoms with Crippen molar-refractivity contribution >= 4 is 17.7 Å². The van der Waals surface area contributed by atoms with Crippen LogP contribution in [-0.4, -0.2) is 70.1 Å². The highest BCUT2D eigenvalue weighted by Gasteiger charge is 2.50. The quantitative estimate of drug-likeness (QED) is 0.547. The van der Waals surface area contributed by atoms with Gasteiger partial charge in [-0.05, 0) is 82.7 Å². The number of ether oxygens (including phenoxy) is 1. The second kappa shape index (κ2) is 10.6. The summed E-state index contributed by atoms with van der Waals surface area (Å²) in [6.07, 6.45) is 1.30. The molecule has 38 heavy (non-hydrogen) atoms. The third-order valence-electron chi connectivity index (χ3n) is 7.66. The number of β-amino-alcohol motifs (C(OH)–C–C–N with tert-alkyl or cyclic N) is 2. The van der Waals surface area contributed by atoms with Gasteiger partial charge in [-0.15, -0.1) is 0 Å². The maximum atomic E-state index is 13.3. The summed E-state index contributed by atoms with van der Waals surface area (Å²) in [6, 6.07) is 15.7. The molecule has 3 N–H and O–H groups in total. The van der Waals surface area contributed by atoms with E-state index >= 15 is 0 Å². The van der Waals surface area contributed by atoms with Crippen LogP contribution in [0.2, 0.25) is 0 Å². The minimum atomic E-state index is -1.22. The Hall–Kier alpha value is -3.10. The molecule has 2 atom stereocenters. The Labute approximate surface area is 225 Å². The molecule has 2 aromatic carbocycles. The van der Waals surface area contributed by atoms with Crippen LogP contribution >= 0.6 is 0 Å².